The molecule has 0 spiro atoms. The molecule has 3 rings (SSSR count). The van der Waals surface area contributed by atoms with E-state index in [0.717, 1.165) is 34.5 Å². The van der Waals surface area contributed by atoms with Gasteiger partial charge in [-0.2, -0.15) is 13.2 Å². The van der Waals surface area contributed by atoms with E-state index in [9.17, 15) is 13.2 Å². The Morgan fingerprint density at radius 3 is 2.20 bits per heavy atom. The molecular formula is C19H16F3IrN2-. The van der Waals surface area contributed by atoms with Gasteiger partial charge in [-0.3, -0.25) is 4.98 Å². The van der Waals surface area contributed by atoms with Gasteiger partial charge < -0.3 is 4.57 Å². The topological polar surface area (TPSA) is 17.8 Å². The average molecular weight is 522 g/mol. The van der Waals surface area contributed by atoms with Crippen molar-refractivity contribution in [1.29, 1.82) is 0 Å². The van der Waals surface area contributed by atoms with Gasteiger partial charge in [-0.15, -0.1) is 29.8 Å². The van der Waals surface area contributed by atoms with Gasteiger partial charge in [0.1, 0.15) is 0 Å². The summed E-state index contributed by atoms with van der Waals surface area (Å²) in [5.74, 6) is 0.568. The van der Waals surface area contributed by atoms with Crippen LogP contribution in [-0.2, 0) is 26.3 Å². The van der Waals surface area contributed by atoms with Crippen molar-refractivity contribution < 1.29 is 33.3 Å². The van der Waals surface area contributed by atoms with Crippen LogP contribution in [0.25, 0.3) is 17.1 Å². The molecule has 0 saturated heterocycles. The van der Waals surface area contributed by atoms with Crippen molar-refractivity contribution in [2.24, 2.45) is 0 Å². The van der Waals surface area contributed by atoms with Crippen LogP contribution in [0.5, 0.6) is 0 Å². The zero-order valence-corrected chi connectivity index (χ0v) is 16.3. The van der Waals surface area contributed by atoms with Crippen molar-refractivity contribution >= 4 is 0 Å². The maximum Gasteiger partial charge on any atom is 0.381 e. The van der Waals surface area contributed by atoms with E-state index in [0.29, 0.717) is 11.4 Å². The fraction of sp³-hybridized carbons (Fsp3) is 0.211. The maximum atomic E-state index is 12.7. The molecule has 3 aromatic rings. The molecule has 133 valence electrons. The number of imidazole rings is 1. The summed E-state index contributed by atoms with van der Waals surface area (Å²) < 4.78 is 40.0. The molecule has 1 heterocycles. The van der Waals surface area contributed by atoms with E-state index in [-0.39, 0.29) is 20.1 Å². The minimum Gasteiger partial charge on any atom is -0.340 e. The van der Waals surface area contributed by atoms with Crippen LogP contribution in [-0.4, -0.2) is 9.55 Å². The van der Waals surface area contributed by atoms with Crippen molar-refractivity contribution in [2.45, 2.75) is 26.9 Å². The minimum absolute atomic E-state index is 0. The number of hydrogen-bond acceptors (Lipinski definition) is 1. The Bertz CT molecular complexity index is 857. The van der Waals surface area contributed by atoms with Crippen molar-refractivity contribution in [2.75, 3.05) is 0 Å². The number of halogens is 3. The molecule has 0 aliphatic heterocycles. The average Bonchev–Trinajstić information content (AvgIpc) is 2.94. The minimum atomic E-state index is -4.37. The van der Waals surface area contributed by atoms with Crippen LogP contribution in [0.3, 0.4) is 0 Å². The zero-order valence-electron chi connectivity index (χ0n) is 13.9. The molecule has 0 N–H and O–H groups in total. The second-order valence-corrected chi connectivity index (χ2v) is 5.86. The Morgan fingerprint density at radius 2 is 1.68 bits per heavy atom. The third kappa shape index (κ3) is 3.85. The van der Waals surface area contributed by atoms with Crippen molar-refractivity contribution in [1.82, 2.24) is 9.55 Å². The summed E-state index contributed by atoms with van der Waals surface area (Å²) in [5.41, 5.74) is 4.12. The van der Waals surface area contributed by atoms with Crippen LogP contribution in [0, 0.1) is 26.8 Å². The number of rotatable bonds is 2. The molecule has 25 heavy (non-hydrogen) atoms. The van der Waals surface area contributed by atoms with Gasteiger partial charge in [-0.05, 0) is 37.5 Å². The largest absolute Gasteiger partial charge is 0.381 e. The Hall–Kier alpha value is -1.91. The Balaban J connectivity index is 0.00000225. The van der Waals surface area contributed by atoms with Crippen LogP contribution in [0.15, 0.2) is 42.7 Å². The second kappa shape index (κ2) is 7.14. The van der Waals surface area contributed by atoms with Crippen LogP contribution in [0.4, 0.5) is 13.2 Å². The predicted octanol–water partition coefficient (Wildman–Crippen LogP) is 5.28. The van der Waals surface area contributed by atoms with Crippen LogP contribution < -0.4 is 0 Å². The van der Waals surface area contributed by atoms with Gasteiger partial charge in [0.15, 0.2) is 0 Å². The van der Waals surface area contributed by atoms with E-state index < -0.39 is 11.7 Å². The Labute approximate surface area is 158 Å². The quantitative estimate of drug-likeness (QED) is 0.420. The summed E-state index contributed by atoms with van der Waals surface area (Å²) in [4.78, 5) is 4.31. The molecule has 0 saturated carbocycles. The smallest absolute Gasteiger partial charge is 0.340 e. The molecule has 6 heteroatoms. The summed E-state index contributed by atoms with van der Waals surface area (Å²) >= 11 is 0. The summed E-state index contributed by atoms with van der Waals surface area (Å²) in [6.45, 7) is 6.05. The van der Waals surface area contributed by atoms with E-state index >= 15 is 0 Å². The third-order valence-electron chi connectivity index (χ3n) is 3.90. The van der Waals surface area contributed by atoms with E-state index in [1.165, 1.54) is 6.07 Å². The number of aryl methyl sites for hydroxylation is 3. The van der Waals surface area contributed by atoms with Gasteiger partial charge in [0.2, 0.25) is 0 Å². The number of nitrogens with zero attached hydrogens (tertiary/aromatic N) is 2. The zero-order chi connectivity index (χ0) is 17.5. The standard InChI is InChI=1S/C19H16F3N2.Ir/c1-12-10-13(2)17(14(3)11-12)24-9-8-23-18(24)15-4-6-16(7-5-15)19(20,21)22;/h4,6-11H,1-3H3;/q-1;. The number of aromatic nitrogens is 2. The van der Waals surface area contributed by atoms with Crippen LogP contribution in [0.1, 0.15) is 22.3 Å². The molecule has 1 aromatic heterocycles. The van der Waals surface area contributed by atoms with Gasteiger partial charge >= 0.3 is 6.18 Å². The molecule has 0 aliphatic rings. The molecule has 0 amide bonds. The van der Waals surface area contributed by atoms with E-state index in [2.05, 4.69) is 23.2 Å². The molecular weight excluding hydrogens is 505 g/mol. The maximum absolute atomic E-state index is 12.7. The first kappa shape index (κ1) is 19.4. The summed E-state index contributed by atoms with van der Waals surface area (Å²) in [7, 11) is 0. The summed E-state index contributed by atoms with van der Waals surface area (Å²) in [5, 5.41) is 0. The van der Waals surface area contributed by atoms with Crippen molar-refractivity contribution in [3.63, 3.8) is 0 Å². The summed E-state index contributed by atoms with van der Waals surface area (Å²) in [6.07, 6.45) is -0.917. The molecule has 0 fully saturated rings. The monoisotopic (exact) mass is 522 g/mol. The molecule has 2 aromatic carbocycles. The predicted molar refractivity (Wildman–Crippen MR) is 87.0 cm³/mol. The fourth-order valence-corrected chi connectivity index (χ4v) is 2.98. The fourth-order valence-electron chi connectivity index (χ4n) is 2.98. The van der Waals surface area contributed by atoms with Crippen molar-refractivity contribution in [3.8, 4) is 17.1 Å². The first-order valence-electron chi connectivity index (χ1n) is 7.48. The molecule has 0 bridgehead atoms. The number of hydrogen-bond donors (Lipinski definition) is 0. The third-order valence-corrected chi connectivity index (χ3v) is 3.90. The van der Waals surface area contributed by atoms with Crippen molar-refractivity contribution in [3.05, 3.63) is 71.0 Å². The molecule has 0 atom stereocenters. The van der Waals surface area contributed by atoms with Gasteiger partial charge in [0.05, 0.1) is 5.82 Å². The summed E-state index contributed by atoms with van der Waals surface area (Å²) in [6, 6.07) is 10.3. The van der Waals surface area contributed by atoms with Crippen LogP contribution in [0.2, 0.25) is 0 Å². The first-order valence-corrected chi connectivity index (χ1v) is 7.48. The van der Waals surface area contributed by atoms with E-state index in [1.807, 2.05) is 31.5 Å². The Morgan fingerprint density at radius 1 is 1.04 bits per heavy atom. The first-order chi connectivity index (χ1) is 11.3. The normalized spacial score (nSPS) is 11.3. The second-order valence-electron chi connectivity index (χ2n) is 5.86. The van der Waals surface area contributed by atoms with Crippen LogP contribution >= 0.6 is 0 Å². The molecule has 0 unspecified atom stereocenters. The van der Waals surface area contributed by atoms with Gasteiger partial charge in [0, 0.05) is 38.2 Å². The molecule has 1 radical (unpaired) electrons. The van der Waals surface area contributed by atoms with Gasteiger partial charge in [0.25, 0.3) is 0 Å². The van der Waals surface area contributed by atoms with Gasteiger partial charge in [-0.25, -0.2) is 0 Å². The van der Waals surface area contributed by atoms with E-state index in [1.54, 1.807) is 6.20 Å². The number of benzene rings is 2. The Kier molecular flexibility index (Phi) is 5.55. The molecule has 2 nitrogen and oxygen atoms in total. The van der Waals surface area contributed by atoms with E-state index in [4.69, 9.17) is 0 Å². The number of alkyl halides is 3. The SMILES string of the molecule is Cc1cc(C)c(-n2ccnc2-c2[c-]cc(C(F)(F)F)cc2)c(C)c1.[Ir]. The molecule has 0 aliphatic carbocycles. The van der Waals surface area contributed by atoms with Gasteiger partial charge in [-0.1, -0.05) is 17.7 Å².